The molecular weight excluding hydrogens is 532 g/mol. The highest BCUT2D eigenvalue weighted by Crippen LogP contribution is 2.31. The minimum atomic E-state index is -1.17. The Labute approximate surface area is 241 Å². The lowest BCUT2D eigenvalue weighted by Gasteiger charge is -2.38. The number of primary amides is 1. The van der Waals surface area contributed by atoms with E-state index >= 15 is 0 Å². The van der Waals surface area contributed by atoms with Gasteiger partial charge in [0.15, 0.2) is 0 Å². The number of carbonyl (C=O) groups is 4. The second-order valence-electron chi connectivity index (χ2n) is 10.9. The first-order chi connectivity index (χ1) is 18.6. The van der Waals surface area contributed by atoms with Crippen molar-refractivity contribution >= 4 is 41.1 Å². The summed E-state index contributed by atoms with van der Waals surface area (Å²) in [6.07, 6.45) is -0.517. The molecule has 3 atom stereocenters. The van der Waals surface area contributed by atoms with Gasteiger partial charge in [-0.3, -0.25) is 14.4 Å². The lowest BCUT2D eigenvalue weighted by Crippen LogP contribution is -2.55. The number of hydrogen-bond donors (Lipinski definition) is 3. The second kappa shape index (κ2) is 14.2. The molecule has 2 aromatic carbocycles. The van der Waals surface area contributed by atoms with Crippen molar-refractivity contribution in [1.29, 1.82) is 0 Å². The molecule has 0 fully saturated rings. The normalized spacial score (nSPS) is 13.5. The number of aryl methyl sites for hydroxylation is 2. The smallest absolute Gasteiger partial charge is 0.408 e. The Morgan fingerprint density at radius 2 is 1.73 bits per heavy atom. The highest BCUT2D eigenvalue weighted by molar-refractivity contribution is 6.34. The molecule has 2 aromatic rings. The van der Waals surface area contributed by atoms with Crippen molar-refractivity contribution in [2.45, 2.75) is 91.5 Å². The molecule has 0 saturated carbocycles. The maximum absolute atomic E-state index is 14.2. The molecular formula is C30H41ClN4O5. The van der Waals surface area contributed by atoms with Crippen LogP contribution in [0.5, 0.6) is 0 Å². The Balaban J connectivity index is 2.61. The number of anilines is 1. The zero-order valence-corrected chi connectivity index (χ0v) is 25.1. The molecule has 0 aliphatic carbocycles. The van der Waals surface area contributed by atoms with Crippen molar-refractivity contribution in [3.05, 3.63) is 64.2 Å². The van der Waals surface area contributed by atoms with Crippen LogP contribution in [0.25, 0.3) is 0 Å². The van der Waals surface area contributed by atoms with Crippen LogP contribution in [0, 0.1) is 13.8 Å². The van der Waals surface area contributed by atoms with Gasteiger partial charge in [0.1, 0.15) is 17.7 Å². The minimum absolute atomic E-state index is 0.0634. The molecule has 4 amide bonds. The Hall–Kier alpha value is -3.59. The fourth-order valence-electron chi connectivity index (χ4n) is 4.23. The van der Waals surface area contributed by atoms with Gasteiger partial charge in [-0.25, -0.2) is 4.79 Å². The third kappa shape index (κ3) is 9.26. The van der Waals surface area contributed by atoms with E-state index in [1.165, 1.54) is 4.90 Å². The standard InChI is InChI=1S/C30H41ClN4O5/c1-8-20(4)35(28(38)23(15-16-24(32)36)33-29(39)40-30(5,6)7)26(21-13-9-11-18(2)17-21)27(37)34-25-19(3)12-10-14-22(25)31/h9-14,17,20,23,26H,8,15-16H2,1-7H3,(H2,32,36)(H,33,39)(H,34,37). The molecule has 3 unspecified atom stereocenters. The molecule has 0 saturated heterocycles. The van der Waals surface area contributed by atoms with Crippen LogP contribution in [-0.2, 0) is 19.1 Å². The van der Waals surface area contributed by atoms with E-state index in [9.17, 15) is 19.2 Å². The monoisotopic (exact) mass is 572 g/mol. The molecule has 0 aromatic heterocycles. The third-order valence-corrected chi connectivity index (χ3v) is 6.66. The number of benzene rings is 2. The quantitative estimate of drug-likeness (QED) is 0.331. The summed E-state index contributed by atoms with van der Waals surface area (Å²) in [5.41, 5.74) is 7.26. The Morgan fingerprint density at radius 1 is 1.07 bits per heavy atom. The fourth-order valence-corrected chi connectivity index (χ4v) is 4.50. The van der Waals surface area contributed by atoms with Crippen LogP contribution in [0.15, 0.2) is 42.5 Å². The second-order valence-corrected chi connectivity index (χ2v) is 11.4. The Kier molecular flexibility index (Phi) is 11.5. The summed E-state index contributed by atoms with van der Waals surface area (Å²) in [5, 5.41) is 5.89. The van der Waals surface area contributed by atoms with Crippen molar-refractivity contribution in [2.24, 2.45) is 5.73 Å². The van der Waals surface area contributed by atoms with Crippen molar-refractivity contribution in [2.75, 3.05) is 5.32 Å². The first-order valence-corrected chi connectivity index (χ1v) is 13.7. The maximum Gasteiger partial charge on any atom is 0.408 e. The first kappa shape index (κ1) is 32.6. The van der Waals surface area contributed by atoms with Gasteiger partial charge in [-0.1, -0.05) is 60.5 Å². The molecule has 2 rings (SSSR count). The number of para-hydroxylation sites is 1. The average molecular weight is 573 g/mol. The summed E-state index contributed by atoms with van der Waals surface area (Å²) < 4.78 is 5.37. The van der Waals surface area contributed by atoms with Crippen LogP contribution in [0.2, 0.25) is 5.02 Å². The molecule has 218 valence electrons. The largest absolute Gasteiger partial charge is 0.444 e. The van der Waals surface area contributed by atoms with Gasteiger partial charge in [-0.15, -0.1) is 0 Å². The number of nitrogens with two attached hydrogens (primary N) is 1. The van der Waals surface area contributed by atoms with E-state index in [2.05, 4.69) is 10.6 Å². The van der Waals surface area contributed by atoms with Gasteiger partial charge in [0.2, 0.25) is 11.8 Å². The van der Waals surface area contributed by atoms with Crippen LogP contribution in [0.1, 0.15) is 76.6 Å². The molecule has 0 bridgehead atoms. The van der Waals surface area contributed by atoms with Crippen molar-refractivity contribution in [3.8, 4) is 0 Å². The van der Waals surface area contributed by atoms with E-state index in [-0.39, 0.29) is 12.8 Å². The highest BCUT2D eigenvalue weighted by Gasteiger charge is 2.39. The van der Waals surface area contributed by atoms with Crippen molar-refractivity contribution in [3.63, 3.8) is 0 Å². The summed E-state index contributed by atoms with van der Waals surface area (Å²) in [7, 11) is 0. The zero-order valence-electron chi connectivity index (χ0n) is 24.3. The number of ether oxygens (including phenoxy) is 1. The Morgan fingerprint density at radius 3 is 2.27 bits per heavy atom. The predicted octanol–water partition coefficient (Wildman–Crippen LogP) is 5.42. The summed E-state index contributed by atoms with van der Waals surface area (Å²) >= 11 is 6.41. The summed E-state index contributed by atoms with van der Waals surface area (Å²) in [6, 6.07) is 9.94. The number of hydrogen-bond acceptors (Lipinski definition) is 5. The van der Waals surface area contributed by atoms with Gasteiger partial charge in [0, 0.05) is 12.5 Å². The van der Waals surface area contributed by atoms with Gasteiger partial charge in [0.25, 0.3) is 5.91 Å². The molecule has 0 heterocycles. The topological polar surface area (TPSA) is 131 Å². The molecule has 0 aliphatic heterocycles. The van der Waals surface area contributed by atoms with E-state index in [4.69, 9.17) is 22.1 Å². The van der Waals surface area contributed by atoms with Crippen LogP contribution in [0.3, 0.4) is 0 Å². The minimum Gasteiger partial charge on any atom is -0.444 e. The van der Waals surface area contributed by atoms with E-state index in [0.29, 0.717) is 22.7 Å². The van der Waals surface area contributed by atoms with Gasteiger partial charge >= 0.3 is 6.09 Å². The van der Waals surface area contributed by atoms with Crippen LogP contribution < -0.4 is 16.4 Å². The highest BCUT2D eigenvalue weighted by atomic mass is 35.5. The average Bonchev–Trinajstić information content (AvgIpc) is 2.85. The Bertz CT molecular complexity index is 1210. The number of rotatable bonds is 11. The number of alkyl carbamates (subject to hydrolysis) is 1. The van der Waals surface area contributed by atoms with Crippen LogP contribution in [-0.4, -0.2) is 46.4 Å². The molecule has 0 spiro atoms. The lowest BCUT2D eigenvalue weighted by molar-refractivity contribution is -0.143. The van der Waals surface area contributed by atoms with Gasteiger partial charge in [-0.05, 0) is 71.6 Å². The van der Waals surface area contributed by atoms with E-state index in [1.807, 2.05) is 52.0 Å². The van der Waals surface area contributed by atoms with Crippen molar-refractivity contribution in [1.82, 2.24) is 10.2 Å². The number of halogens is 1. The van der Waals surface area contributed by atoms with E-state index in [0.717, 1.165) is 11.1 Å². The number of nitrogens with zero attached hydrogens (tertiary/aromatic N) is 1. The van der Waals surface area contributed by atoms with Gasteiger partial charge in [-0.2, -0.15) is 0 Å². The molecule has 40 heavy (non-hydrogen) atoms. The van der Waals surface area contributed by atoms with Gasteiger partial charge < -0.3 is 26.0 Å². The lowest BCUT2D eigenvalue weighted by atomic mass is 9.97. The summed E-state index contributed by atoms with van der Waals surface area (Å²) in [6.45, 7) is 12.5. The molecule has 0 radical (unpaired) electrons. The first-order valence-electron chi connectivity index (χ1n) is 13.4. The molecule has 4 N–H and O–H groups in total. The molecule has 10 heteroatoms. The van der Waals surface area contributed by atoms with Crippen LogP contribution in [0.4, 0.5) is 10.5 Å². The molecule has 0 aliphatic rings. The van der Waals surface area contributed by atoms with E-state index in [1.54, 1.807) is 39.0 Å². The van der Waals surface area contributed by atoms with Crippen LogP contribution >= 0.6 is 11.6 Å². The SMILES string of the molecule is CCC(C)N(C(=O)C(CCC(N)=O)NC(=O)OC(C)(C)C)C(C(=O)Nc1c(C)cccc1Cl)c1cccc(C)c1. The molecule has 9 nitrogen and oxygen atoms in total. The number of nitrogens with one attached hydrogen (secondary N) is 2. The summed E-state index contributed by atoms with van der Waals surface area (Å²) in [4.78, 5) is 54.1. The third-order valence-electron chi connectivity index (χ3n) is 6.34. The number of carbonyl (C=O) groups excluding carboxylic acids is 4. The van der Waals surface area contributed by atoms with Gasteiger partial charge in [0.05, 0.1) is 10.7 Å². The maximum atomic E-state index is 14.2. The zero-order chi connectivity index (χ0) is 30.2. The fraction of sp³-hybridized carbons (Fsp3) is 0.467. The predicted molar refractivity (Wildman–Crippen MR) is 157 cm³/mol. The van der Waals surface area contributed by atoms with Crippen molar-refractivity contribution < 1.29 is 23.9 Å². The van der Waals surface area contributed by atoms with E-state index < -0.39 is 47.5 Å². The summed E-state index contributed by atoms with van der Waals surface area (Å²) in [5.74, 6) is -1.64. The number of amides is 4.